The minimum atomic E-state index is -1.07. The average molecular weight is 247 g/mol. The monoisotopic (exact) mass is 247 g/mol. The van der Waals surface area contributed by atoms with Crippen molar-refractivity contribution in [2.45, 2.75) is 20.1 Å². The number of furan rings is 1. The molecule has 0 spiro atoms. The molecule has 0 amide bonds. The number of hydrogen-bond acceptors (Lipinski definition) is 4. The van der Waals surface area contributed by atoms with Gasteiger partial charge in [-0.2, -0.15) is 0 Å². The van der Waals surface area contributed by atoms with Crippen LogP contribution in [0.2, 0.25) is 0 Å². The van der Waals surface area contributed by atoms with Gasteiger partial charge >= 0.3 is 5.97 Å². The number of carboxylic acids is 1. The summed E-state index contributed by atoms with van der Waals surface area (Å²) < 4.78 is 10.6. The average Bonchev–Trinajstić information content (AvgIpc) is 2.72. The standard InChI is InChI=1S/C13H13NO4/c1-9-6-11(18-12(9)13(15)16)8-17-7-10-4-2-3-5-14-10/h2-6H,7-8H2,1H3,(H,15,16). The number of carboxylic acid groups (broad SMARTS) is 1. The van der Waals surface area contributed by atoms with Crippen LogP contribution in [0, 0.1) is 6.92 Å². The lowest BCUT2D eigenvalue weighted by Crippen LogP contribution is -1.96. The van der Waals surface area contributed by atoms with Gasteiger partial charge in [-0.05, 0) is 25.1 Å². The van der Waals surface area contributed by atoms with E-state index in [2.05, 4.69) is 4.98 Å². The van der Waals surface area contributed by atoms with Gasteiger partial charge in [0.1, 0.15) is 12.4 Å². The van der Waals surface area contributed by atoms with Crippen LogP contribution in [0.15, 0.2) is 34.9 Å². The number of rotatable bonds is 5. The van der Waals surface area contributed by atoms with Gasteiger partial charge in [-0.3, -0.25) is 4.98 Å². The second-order valence-corrected chi connectivity index (χ2v) is 3.84. The van der Waals surface area contributed by atoms with Crippen molar-refractivity contribution in [3.05, 3.63) is 53.2 Å². The van der Waals surface area contributed by atoms with E-state index in [0.717, 1.165) is 5.69 Å². The molecule has 0 fully saturated rings. The van der Waals surface area contributed by atoms with Gasteiger partial charge in [-0.25, -0.2) is 4.79 Å². The van der Waals surface area contributed by atoms with Crippen LogP contribution >= 0.6 is 0 Å². The summed E-state index contributed by atoms with van der Waals surface area (Å²) in [6, 6.07) is 7.24. The van der Waals surface area contributed by atoms with Crippen molar-refractivity contribution < 1.29 is 19.1 Å². The maximum atomic E-state index is 10.8. The Labute approximate surface area is 104 Å². The molecule has 0 saturated heterocycles. The van der Waals surface area contributed by atoms with Crippen LogP contribution in [0.25, 0.3) is 0 Å². The van der Waals surface area contributed by atoms with Crippen molar-refractivity contribution in [3.8, 4) is 0 Å². The molecule has 0 radical (unpaired) electrons. The SMILES string of the molecule is Cc1cc(COCc2ccccn2)oc1C(=O)O. The van der Waals surface area contributed by atoms with Gasteiger partial charge in [-0.1, -0.05) is 6.07 Å². The van der Waals surface area contributed by atoms with Crippen molar-refractivity contribution >= 4 is 5.97 Å². The van der Waals surface area contributed by atoms with Crippen molar-refractivity contribution in [1.29, 1.82) is 0 Å². The van der Waals surface area contributed by atoms with Gasteiger partial charge < -0.3 is 14.3 Å². The van der Waals surface area contributed by atoms with Crippen LogP contribution < -0.4 is 0 Å². The zero-order valence-electron chi connectivity index (χ0n) is 9.92. The van der Waals surface area contributed by atoms with Crippen molar-refractivity contribution in [3.63, 3.8) is 0 Å². The number of aromatic nitrogens is 1. The molecular formula is C13H13NO4. The number of pyridine rings is 1. The van der Waals surface area contributed by atoms with Crippen molar-refractivity contribution in [2.75, 3.05) is 0 Å². The Balaban J connectivity index is 1.91. The van der Waals surface area contributed by atoms with Crippen LogP contribution in [-0.2, 0) is 18.0 Å². The number of nitrogens with zero attached hydrogens (tertiary/aromatic N) is 1. The van der Waals surface area contributed by atoms with Crippen LogP contribution in [0.5, 0.6) is 0 Å². The Kier molecular flexibility index (Phi) is 3.74. The fourth-order valence-electron chi connectivity index (χ4n) is 1.57. The summed E-state index contributed by atoms with van der Waals surface area (Å²) in [5.41, 5.74) is 1.41. The summed E-state index contributed by atoms with van der Waals surface area (Å²) >= 11 is 0. The highest BCUT2D eigenvalue weighted by atomic mass is 16.5. The molecule has 2 rings (SSSR count). The number of aromatic carboxylic acids is 1. The molecule has 18 heavy (non-hydrogen) atoms. The van der Waals surface area contributed by atoms with E-state index in [1.54, 1.807) is 19.2 Å². The maximum Gasteiger partial charge on any atom is 0.372 e. The van der Waals surface area contributed by atoms with Crippen LogP contribution in [0.4, 0.5) is 0 Å². The summed E-state index contributed by atoms with van der Waals surface area (Å²) in [4.78, 5) is 14.9. The minimum absolute atomic E-state index is 0.0357. The molecule has 0 aliphatic heterocycles. The van der Waals surface area contributed by atoms with Gasteiger partial charge in [-0.15, -0.1) is 0 Å². The Morgan fingerprint density at radius 3 is 2.89 bits per heavy atom. The van der Waals surface area contributed by atoms with E-state index in [1.807, 2.05) is 18.2 Å². The van der Waals surface area contributed by atoms with E-state index in [0.29, 0.717) is 17.9 Å². The third kappa shape index (κ3) is 2.95. The summed E-state index contributed by atoms with van der Waals surface area (Å²) in [5.74, 6) is -0.601. The van der Waals surface area contributed by atoms with Gasteiger partial charge in [0, 0.05) is 11.8 Å². The molecule has 94 valence electrons. The molecule has 0 aromatic carbocycles. The summed E-state index contributed by atoms with van der Waals surface area (Å²) in [5, 5.41) is 8.84. The highest BCUT2D eigenvalue weighted by Gasteiger charge is 2.14. The first-order chi connectivity index (χ1) is 8.66. The number of aryl methyl sites for hydroxylation is 1. The first-order valence-electron chi connectivity index (χ1n) is 5.47. The number of ether oxygens (including phenoxy) is 1. The zero-order valence-corrected chi connectivity index (χ0v) is 9.92. The normalized spacial score (nSPS) is 10.5. The lowest BCUT2D eigenvalue weighted by atomic mass is 10.3. The van der Waals surface area contributed by atoms with Gasteiger partial charge in [0.2, 0.25) is 5.76 Å². The van der Waals surface area contributed by atoms with Crippen molar-refractivity contribution in [1.82, 2.24) is 4.98 Å². The predicted octanol–water partition coefficient (Wildman–Crippen LogP) is 2.40. The van der Waals surface area contributed by atoms with Gasteiger partial charge in [0.25, 0.3) is 0 Å². The Hall–Kier alpha value is -2.14. The van der Waals surface area contributed by atoms with Gasteiger partial charge in [0.15, 0.2) is 0 Å². The molecule has 1 N–H and O–H groups in total. The third-order valence-electron chi connectivity index (χ3n) is 2.38. The lowest BCUT2D eigenvalue weighted by molar-refractivity contribution is 0.0638. The van der Waals surface area contributed by atoms with Crippen LogP contribution in [0.1, 0.15) is 27.6 Å². The summed E-state index contributed by atoms with van der Waals surface area (Å²) in [6.45, 7) is 2.28. The Morgan fingerprint density at radius 2 is 2.28 bits per heavy atom. The van der Waals surface area contributed by atoms with E-state index in [-0.39, 0.29) is 12.4 Å². The Bertz CT molecular complexity index is 533. The molecule has 0 saturated carbocycles. The van der Waals surface area contributed by atoms with E-state index in [4.69, 9.17) is 14.3 Å². The van der Waals surface area contributed by atoms with E-state index in [1.165, 1.54) is 0 Å². The molecule has 0 aliphatic carbocycles. The molecular weight excluding hydrogens is 234 g/mol. The van der Waals surface area contributed by atoms with Crippen LogP contribution in [-0.4, -0.2) is 16.1 Å². The van der Waals surface area contributed by atoms with Gasteiger partial charge in [0.05, 0.1) is 12.3 Å². The molecule has 0 unspecified atom stereocenters. The molecule has 5 nitrogen and oxygen atoms in total. The molecule has 0 aliphatic rings. The van der Waals surface area contributed by atoms with E-state index >= 15 is 0 Å². The second-order valence-electron chi connectivity index (χ2n) is 3.84. The summed E-state index contributed by atoms with van der Waals surface area (Å²) in [7, 11) is 0. The molecule has 0 atom stereocenters. The topological polar surface area (TPSA) is 72.6 Å². The maximum absolute atomic E-state index is 10.8. The largest absolute Gasteiger partial charge is 0.475 e. The van der Waals surface area contributed by atoms with E-state index < -0.39 is 5.97 Å². The smallest absolute Gasteiger partial charge is 0.372 e. The predicted molar refractivity (Wildman–Crippen MR) is 63.1 cm³/mol. The van der Waals surface area contributed by atoms with Crippen molar-refractivity contribution in [2.24, 2.45) is 0 Å². The molecule has 2 aromatic heterocycles. The molecule has 5 heteroatoms. The highest BCUT2D eigenvalue weighted by molar-refractivity contribution is 5.86. The number of carbonyl (C=O) groups is 1. The fraction of sp³-hybridized carbons (Fsp3) is 0.231. The first kappa shape index (κ1) is 12.3. The third-order valence-corrected chi connectivity index (χ3v) is 2.38. The molecule has 0 bridgehead atoms. The minimum Gasteiger partial charge on any atom is -0.475 e. The van der Waals surface area contributed by atoms with Crippen LogP contribution in [0.3, 0.4) is 0 Å². The zero-order chi connectivity index (χ0) is 13.0. The summed E-state index contributed by atoms with van der Waals surface area (Å²) in [6.07, 6.45) is 1.69. The second kappa shape index (κ2) is 5.46. The Morgan fingerprint density at radius 1 is 1.44 bits per heavy atom. The fourth-order valence-corrected chi connectivity index (χ4v) is 1.57. The highest BCUT2D eigenvalue weighted by Crippen LogP contribution is 2.15. The molecule has 2 heterocycles. The molecule has 2 aromatic rings. The number of hydrogen-bond donors (Lipinski definition) is 1. The first-order valence-corrected chi connectivity index (χ1v) is 5.47. The van der Waals surface area contributed by atoms with E-state index in [9.17, 15) is 4.79 Å². The lowest BCUT2D eigenvalue weighted by Gasteiger charge is -2.00. The quantitative estimate of drug-likeness (QED) is 0.878.